The molecule has 1 fully saturated rings. The van der Waals surface area contributed by atoms with Gasteiger partial charge in [-0.3, -0.25) is 4.79 Å². The summed E-state index contributed by atoms with van der Waals surface area (Å²) in [6.45, 7) is 7.56. The summed E-state index contributed by atoms with van der Waals surface area (Å²) in [5.41, 5.74) is 5.91. The van der Waals surface area contributed by atoms with Crippen LogP contribution in [0.5, 0.6) is 0 Å². The van der Waals surface area contributed by atoms with Gasteiger partial charge in [-0.1, -0.05) is 30.3 Å². The largest absolute Gasteiger partial charge is 0.444 e. The molecule has 2 amide bonds. The number of nitrogens with zero attached hydrogens (tertiary/aromatic N) is 1. The highest BCUT2D eigenvalue weighted by Gasteiger charge is 2.28. The molecule has 25 heavy (non-hydrogen) atoms. The molecule has 1 aliphatic heterocycles. The van der Waals surface area contributed by atoms with Crippen molar-refractivity contribution in [3.63, 3.8) is 0 Å². The highest BCUT2D eigenvalue weighted by molar-refractivity contribution is 5.81. The molecule has 2 rings (SSSR count). The molecule has 0 saturated carbocycles. The van der Waals surface area contributed by atoms with Crippen LogP contribution in [0.2, 0.25) is 0 Å². The molecule has 1 saturated heterocycles. The number of carbonyl (C=O) groups excluding carboxylic acids is 2. The third kappa shape index (κ3) is 6.05. The van der Waals surface area contributed by atoms with E-state index >= 15 is 0 Å². The van der Waals surface area contributed by atoms with Crippen molar-refractivity contribution in [1.29, 1.82) is 0 Å². The Kier molecular flexibility index (Phi) is 6.42. The molecule has 6 heteroatoms. The number of piperidine rings is 1. The standard InChI is InChI=1S/C19H29N3O3/c1-19(2,3)25-18(24)22-11-7-8-14(13-22)12-21-16(17(20)23)15-9-5-4-6-10-15/h4-6,9-10,14,16,21H,7-8,11-13H2,1-3H3,(H2,20,23)/t14-,16-/m1/s1. The van der Waals surface area contributed by atoms with E-state index in [0.717, 1.165) is 18.4 Å². The molecule has 0 bridgehead atoms. The van der Waals surface area contributed by atoms with E-state index in [1.165, 1.54) is 0 Å². The van der Waals surface area contributed by atoms with Crippen molar-refractivity contribution >= 4 is 12.0 Å². The van der Waals surface area contributed by atoms with Gasteiger partial charge in [-0.15, -0.1) is 0 Å². The van der Waals surface area contributed by atoms with Gasteiger partial charge in [0, 0.05) is 19.6 Å². The molecule has 1 aromatic carbocycles. The number of likely N-dealkylation sites (tertiary alicyclic amines) is 1. The molecule has 0 unspecified atom stereocenters. The van der Waals surface area contributed by atoms with E-state index in [1.807, 2.05) is 51.1 Å². The van der Waals surface area contributed by atoms with Crippen LogP contribution in [0.3, 0.4) is 0 Å². The van der Waals surface area contributed by atoms with Crippen molar-refractivity contribution in [2.75, 3.05) is 19.6 Å². The van der Waals surface area contributed by atoms with Crippen molar-refractivity contribution in [3.05, 3.63) is 35.9 Å². The molecular formula is C19H29N3O3. The second-order valence-corrected chi connectivity index (χ2v) is 7.59. The molecule has 3 N–H and O–H groups in total. The van der Waals surface area contributed by atoms with Gasteiger partial charge in [0.1, 0.15) is 11.6 Å². The quantitative estimate of drug-likeness (QED) is 0.857. The first-order valence-electron chi connectivity index (χ1n) is 8.82. The first-order chi connectivity index (χ1) is 11.8. The summed E-state index contributed by atoms with van der Waals surface area (Å²) < 4.78 is 5.45. The van der Waals surface area contributed by atoms with Gasteiger partial charge in [-0.25, -0.2) is 4.79 Å². The lowest BCUT2D eigenvalue weighted by Gasteiger charge is -2.34. The molecule has 0 aliphatic carbocycles. The Morgan fingerprint density at radius 2 is 2.00 bits per heavy atom. The zero-order chi connectivity index (χ0) is 18.4. The zero-order valence-electron chi connectivity index (χ0n) is 15.3. The highest BCUT2D eigenvalue weighted by Crippen LogP contribution is 2.20. The molecule has 0 aromatic heterocycles. The normalized spacial score (nSPS) is 19.3. The minimum atomic E-state index is -0.516. The minimum Gasteiger partial charge on any atom is -0.444 e. The molecule has 138 valence electrons. The third-order valence-corrected chi connectivity index (χ3v) is 4.20. The van der Waals surface area contributed by atoms with Crippen LogP contribution in [0.25, 0.3) is 0 Å². The lowest BCUT2D eigenvalue weighted by atomic mass is 9.97. The second kappa shape index (κ2) is 8.34. The smallest absolute Gasteiger partial charge is 0.410 e. The molecule has 1 aromatic rings. The van der Waals surface area contributed by atoms with Gasteiger partial charge in [0.2, 0.25) is 5.91 Å². The number of amides is 2. The molecule has 6 nitrogen and oxygen atoms in total. The van der Waals surface area contributed by atoms with Gasteiger partial charge in [0.25, 0.3) is 0 Å². The summed E-state index contributed by atoms with van der Waals surface area (Å²) >= 11 is 0. The Hall–Kier alpha value is -2.08. The monoisotopic (exact) mass is 347 g/mol. The number of hydrogen-bond donors (Lipinski definition) is 2. The predicted molar refractivity (Wildman–Crippen MR) is 96.9 cm³/mol. The first-order valence-corrected chi connectivity index (χ1v) is 8.82. The van der Waals surface area contributed by atoms with Crippen molar-refractivity contribution in [2.24, 2.45) is 11.7 Å². The SMILES string of the molecule is CC(C)(C)OC(=O)N1CCC[C@H](CN[C@@H](C(N)=O)c2ccccc2)C1. The Morgan fingerprint density at radius 1 is 1.32 bits per heavy atom. The average Bonchev–Trinajstić information content (AvgIpc) is 2.54. The van der Waals surface area contributed by atoms with Crippen molar-refractivity contribution in [1.82, 2.24) is 10.2 Å². The van der Waals surface area contributed by atoms with E-state index in [0.29, 0.717) is 19.6 Å². The number of rotatable bonds is 5. The van der Waals surface area contributed by atoms with E-state index in [9.17, 15) is 9.59 Å². The fourth-order valence-corrected chi connectivity index (χ4v) is 3.04. The van der Waals surface area contributed by atoms with Crippen molar-refractivity contribution in [2.45, 2.75) is 45.3 Å². The van der Waals surface area contributed by atoms with Crippen LogP contribution < -0.4 is 11.1 Å². The topological polar surface area (TPSA) is 84.7 Å². The molecule has 0 radical (unpaired) electrons. The van der Waals surface area contributed by atoms with Crippen LogP contribution in [0, 0.1) is 5.92 Å². The maximum Gasteiger partial charge on any atom is 0.410 e. The fraction of sp³-hybridized carbons (Fsp3) is 0.579. The van der Waals surface area contributed by atoms with E-state index in [1.54, 1.807) is 4.90 Å². The number of nitrogens with two attached hydrogens (primary N) is 1. The summed E-state index contributed by atoms with van der Waals surface area (Å²) in [7, 11) is 0. The van der Waals surface area contributed by atoms with Gasteiger partial charge in [0.05, 0.1) is 0 Å². The lowest BCUT2D eigenvalue weighted by molar-refractivity contribution is -0.120. The Morgan fingerprint density at radius 3 is 2.60 bits per heavy atom. The molecule has 0 spiro atoms. The van der Waals surface area contributed by atoms with Crippen LogP contribution in [0.1, 0.15) is 45.2 Å². The Balaban J connectivity index is 1.91. The van der Waals surface area contributed by atoms with E-state index in [4.69, 9.17) is 10.5 Å². The summed E-state index contributed by atoms with van der Waals surface area (Å²) in [5.74, 6) is -0.127. The summed E-state index contributed by atoms with van der Waals surface area (Å²) in [6.07, 6.45) is 1.66. The van der Waals surface area contributed by atoms with Crippen LogP contribution >= 0.6 is 0 Å². The molecule has 1 aliphatic rings. The van der Waals surface area contributed by atoms with Crippen LogP contribution in [-0.4, -0.2) is 42.1 Å². The van der Waals surface area contributed by atoms with E-state index in [-0.39, 0.29) is 12.0 Å². The maximum atomic E-state index is 12.2. The number of nitrogens with one attached hydrogen (secondary N) is 1. The van der Waals surface area contributed by atoms with Crippen LogP contribution in [-0.2, 0) is 9.53 Å². The van der Waals surface area contributed by atoms with Gasteiger partial charge in [0.15, 0.2) is 0 Å². The first kappa shape index (κ1) is 19.2. The molecular weight excluding hydrogens is 318 g/mol. The lowest BCUT2D eigenvalue weighted by Crippen LogP contribution is -2.46. The highest BCUT2D eigenvalue weighted by atomic mass is 16.6. The number of hydrogen-bond acceptors (Lipinski definition) is 4. The molecule has 2 atom stereocenters. The zero-order valence-corrected chi connectivity index (χ0v) is 15.3. The Labute approximate surface area is 149 Å². The second-order valence-electron chi connectivity index (χ2n) is 7.59. The van der Waals surface area contributed by atoms with Crippen molar-refractivity contribution < 1.29 is 14.3 Å². The van der Waals surface area contributed by atoms with Gasteiger partial charge in [-0.05, 0) is 45.1 Å². The number of benzene rings is 1. The summed E-state index contributed by atoms with van der Waals surface area (Å²) in [5, 5.41) is 3.26. The summed E-state index contributed by atoms with van der Waals surface area (Å²) in [4.78, 5) is 25.8. The number of ether oxygens (including phenoxy) is 1. The maximum absolute atomic E-state index is 12.2. The predicted octanol–water partition coefficient (Wildman–Crippen LogP) is 2.45. The van der Waals surface area contributed by atoms with Gasteiger partial charge >= 0.3 is 6.09 Å². The van der Waals surface area contributed by atoms with Gasteiger partial charge < -0.3 is 20.7 Å². The third-order valence-electron chi connectivity index (χ3n) is 4.20. The van der Waals surface area contributed by atoms with Crippen LogP contribution in [0.4, 0.5) is 4.79 Å². The summed E-state index contributed by atoms with van der Waals surface area (Å²) in [6, 6.07) is 8.93. The van der Waals surface area contributed by atoms with E-state index in [2.05, 4.69) is 5.32 Å². The number of carbonyl (C=O) groups is 2. The van der Waals surface area contributed by atoms with Gasteiger partial charge in [-0.2, -0.15) is 0 Å². The minimum absolute atomic E-state index is 0.270. The fourth-order valence-electron chi connectivity index (χ4n) is 3.04. The van der Waals surface area contributed by atoms with Crippen LogP contribution in [0.15, 0.2) is 30.3 Å². The van der Waals surface area contributed by atoms with Crippen molar-refractivity contribution in [3.8, 4) is 0 Å². The number of primary amides is 1. The average molecular weight is 347 g/mol. The Bertz CT molecular complexity index is 583. The van der Waals surface area contributed by atoms with E-state index < -0.39 is 17.6 Å². The molecule has 1 heterocycles.